The van der Waals surface area contributed by atoms with E-state index in [-0.39, 0.29) is 17.3 Å². The minimum Gasteiger partial charge on any atom is -0.482 e. The fourth-order valence-corrected chi connectivity index (χ4v) is 4.55. The second-order valence-corrected chi connectivity index (χ2v) is 9.22. The first kappa shape index (κ1) is 19.9. The van der Waals surface area contributed by atoms with Crippen LogP contribution < -0.4 is 15.0 Å². The predicted octanol–water partition coefficient (Wildman–Crippen LogP) is 2.60. The maximum atomic E-state index is 12.2. The number of thioether (sulfide) groups is 1. The van der Waals surface area contributed by atoms with Crippen molar-refractivity contribution in [3.63, 3.8) is 0 Å². The van der Waals surface area contributed by atoms with Gasteiger partial charge < -0.3 is 19.9 Å². The third-order valence-electron chi connectivity index (χ3n) is 4.67. The number of ether oxygens (including phenoxy) is 1. The van der Waals surface area contributed by atoms with Crippen molar-refractivity contribution in [1.29, 1.82) is 0 Å². The van der Waals surface area contributed by atoms with E-state index in [0.29, 0.717) is 13.1 Å². The number of nitrogens with one attached hydrogen (secondary N) is 1. The molecule has 0 atom stereocenters. The van der Waals surface area contributed by atoms with E-state index in [1.807, 2.05) is 40.9 Å². The molecule has 3 rings (SSSR count). The van der Waals surface area contributed by atoms with Gasteiger partial charge in [-0.15, -0.1) is 0 Å². The van der Waals surface area contributed by atoms with Gasteiger partial charge in [-0.1, -0.05) is 12.1 Å². The van der Waals surface area contributed by atoms with Crippen LogP contribution in [0.15, 0.2) is 29.3 Å². The van der Waals surface area contributed by atoms with Crippen molar-refractivity contribution in [2.75, 3.05) is 50.0 Å². The second-order valence-electron chi connectivity index (χ2n) is 7.42. The first-order chi connectivity index (χ1) is 13.0. The summed E-state index contributed by atoms with van der Waals surface area (Å²) in [5.74, 6) is 2.90. The molecule has 0 spiro atoms. The molecule has 1 saturated heterocycles. The van der Waals surface area contributed by atoms with Crippen LogP contribution in [0.3, 0.4) is 0 Å². The first-order valence-electron chi connectivity index (χ1n) is 9.69. The van der Waals surface area contributed by atoms with Gasteiger partial charge in [0.05, 0.1) is 5.69 Å². The highest BCUT2D eigenvalue weighted by Crippen LogP contribution is 2.31. The van der Waals surface area contributed by atoms with Crippen LogP contribution in [0.25, 0.3) is 0 Å². The van der Waals surface area contributed by atoms with Crippen LogP contribution >= 0.6 is 11.8 Å². The topological polar surface area (TPSA) is 57.2 Å². The number of carbonyl (C=O) groups excluding carboxylic acids is 1. The lowest BCUT2D eigenvalue weighted by atomic mass is 10.2. The van der Waals surface area contributed by atoms with Crippen molar-refractivity contribution in [2.45, 2.75) is 31.9 Å². The maximum absolute atomic E-state index is 12.2. The number of rotatable bonds is 5. The Balaban J connectivity index is 1.59. The average Bonchev–Trinajstić information content (AvgIpc) is 2.65. The Labute approximate surface area is 166 Å². The quantitative estimate of drug-likeness (QED) is 0.476. The molecule has 7 heteroatoms. The number of nitrogens with zero attached hydrogens (tertiary/aromatic N) is 3. The number of benzene rings is 1. The summed E-state index contributed by atoms with van der Waals surface area (Å²) >= 11 is 2.02. The number of carbonyl (C=O) groups is 1. The normalized spacial score (nSPS) is 19.5. The van der Waals surface area contributed by atoms with Gasteiger partial charge in [-0.25, -0.2) is 0 Å². The highest BCUT2D eigenvalue weighted by Gasteiger charge is 2.29. The molecule has 1 fully saturated rings. The summed E-state index contributed by atoms with van der Waals surface area (Å²) in [6.07, 6.45) is 0.820. The molecule has 1 N–H and O–H groups in total. The van der Waals surface area contributed by atoms with Crippen LogP contribution in [0.4, 0.5) is 5.69 Å². The summed E-state index contributed by atoms with van der Waals surface area (Å²) in [7, 11) is 0. The van der Waals surface area contributed by atoms with E-state index in [4.69, 9.17) is 9.73 Å². The zero-order valence-electron chi connectivity index (χ0n) is 16.5. The van der Waals surface area contributed by atoms with Gasteiger partial charge in [0.25, 0.3) is 5.91 Å². The molecule has 1 aromatic rings. The minimum atomic E-state index is 0.0133. The van der Waals surface area contributed by atoms with Crippen molar-refractivity contribution in [2.24, 2.45) is 4.99 Å². The van der Waals surface area contributed by atoms with Gasteiger partial charge in [0.2, 0.25) is 0 Å². The number of aliphatic imine (C=N–C) groups is 1. The monoisotopic (exact) mass is 390 g/mol. The molecule has 27 heavy (non-hydrogen) atoms. The van der Waals surface area contributed by atoms with Crippen LogP contribution in [0.2, 0.25) is 0 Å². The summed E-state index contributed by atoms with van der Waals surface area (Å²) in [5.41, 5.74) is 0.861. The molecule has 0 aliphatic carbocycles. The highest BCUT2D eigenvalue weighted by molar-refractivity contribution is 8.00. The summed E-state index contributed by atoms with van der Waals surface area (Å²) in [6, 6.07) is 7.71. The van der Waals surface area contributed by atoms with Gasteiger partial charge >= 0.3 is 0 Å². The molecule has 1 aromatic carbocycles. The number of hydrogen-bond donors (Lipinski definition) is 1. The van der Waals surface area contributed by atoms with E-state index in [0.717, 1.165) is 49.2 Å². The van der Waals surface area contributed by atoms with Crippen LogP contribution in [-0.4, -0.2) is 66.6 Å². The molecule has 0 radical (unpaired) electrons. The Morgan fingerprint density at radius 1 is 1.37 bits per heavy atom. The molecule has 0 saturated carbocycles. The molecule has 148 valence electrons. The fourth-order valence-electron chi connectivity index (χ4n) is 3.44. The number of hydrogen-bond acceptors (Lipinski definition) is 4. The molecule has 2 aliphatic heterocycles. The Bertz CT molecular complexity index is 692. The lowest BCUT2D eigenvalue weighted by Gasteiger charge is -2.39. The Morgan fingerprint density at radius 2 is 2.19 bits per heavy atom. The van der Waals surface area contributed by atoms with Gasteiger partial charge in [-0.05, 0) is 39.3 Å². The molecule has 0 unspecified atom stereocenters. The van der Waals surface area contributed by atoms with E-state index in [1.165, 1.54) is 0 Å². The van der Waals surface area contributed by atoms with Gasteiger partial charge in [0.15, 0.2) is 12.6 Å². The SMILES string of the molecule is CCNC(=NCCCN1C(=O)COc2ccccc21)N1CCSC(C)(C)C1. The summed E-state index contributed by atoms with van der Waals surface area (Å²) in [6.45, 7) is 11.0. The average molecular weight is 391 g/mol. The molecule has 2 aliphatic rings. The number of anilines is 1. The third-order valence-corrected chi connectivity index (χ3v) is 5.97. The van der Waals surface area contributed by atoms with Gasteiger partial charge in [-0.3, -0.25) is 9.79 Å². The zero-order valence-corrected chi connectivity index (χ0v) is 17.3. The van der Waals surface area contributed by atoms with Gasteiger partial charge in [0, 0.05) is 43.2 Å². The molecule has 2 heterocycles. The number of guanidine groups is 1. The predicted molar refractivity (Wildman–Crippen MR) is 113 cm³/mol. The zero-order chi connectivity index (χ0) is 19.3. The lowest BCUT2D eigenvalue weighted by molar-refractivity contribution is -0.121. The molecule has 1 amide bonds. The maximum Gasteiger partial charge on any atom is 0.265 e. The van der Waals surface area contributed by atoms with Crippen molar-refractivity contribution < 1.29 is 9.53 Å². The largest absolute Gasteiger partial charge is 0.482 e. The van der Waals surface area contributed by atoms with Crippen LogP contribution in [0, 0.1) is 0 Å². The van der Waals surface area contributed by atoms with E-state index >= 15 is 0 Å². The smallest absolute Gasteiger partial charge is 0.265 e. The summed E-state index contributed by atoms with van der Waals surface area (Å²) < 4.78 is 5.75. The van der Waals surface area contributed by atoms with Gasteiger partial charge in [-0.2, -0.15) is 11.8 Å². The number of amides is 1. The Morgan fingerprint density at radius 3 is 2.96 bits per heavy atom. The second kappa shape index (κ2) is 8.87. The van der Waals surface area contributed by atoms with E-state index in [2.05, 4.69) is 31.0 Å². The molecule has 6 nitrogen and oxygen atoms in total. The molecular weight excluding hydrogens is 360 g/mol. The Hall–Kier alpha value is -1.89. The summed E-state index contributed by atoms with van der Waals surface area (Å²) in [5, 5.41) is 3.42. The van der Waals surface area contributed by atoms with Crippen molar-refractivity contribution >= 4 is 29.3 Å². The van der Waals surface area contributed by atoms with Crippen molar-refractivity contribution in [3.8, 4) is 5.75 Å². The minimum absolute atomic E-state index is 0.0133. The molecule has 0 bridgehead atoms. The van der Waals surface area contributed by atoms with Crippen molar-refractivity contribution in [3.05, 3.63) is 24.3 Å². The third kappa shape index (κ3) is 5.09. The van der Waals surface area contributed by atoms with Crippen LogP contribution in [0.1, 0.15) is 27.2 Å². The van der Waals surface area contributed by atoms with E-state index in [9.17, 15) is 4.79 Å². The van der Waals surface area contributed by atoms with Gasteiger partial charge in [0.1, 0.15) is 5.75 Å². The number of fused-ring (bicyclic) bond motifs is 1. The summed E-state index contributed by atoms with van der Waals surface area (Å²) in [4.78, 5) is 21.2. The Kier molecular flexibility index (Phi) is 6.52. The standard InChI is InChI=1S/C20H30N4O2S/c1-4-21-19(23-12-13-27-20(2,3)15-23)22-10-7-11-24-16-8-5-6-9-17(16)26-14-18(24)25/h5-6,8-9H,4,7,10-15H2,1-3H3,(H,21,22). The fraction of sp³-hybridized carbons (Fsp3) is 0.600. The van der Waals surface area contributed by atoms with Crippen LogP contribution in [-0.2, 0) is 4.79 Å². The van der Waals surface area contributed by atoms with Crippen molar-refractivity contribution in [1.82, 2.24) is 10.2 Å². The molecular formula is C20H30N4O2S. The highest BCUT2D eigenvalue weighted by atomic mass is 32.2. The lowest BCUT2D eigenvalue weighted by Crippen LogP contribution is -2.51. The first-order valence-corrected chi connectivity index (χ1v) is 10.7. The van der Waals surface area contributed by atoms with Crippen LogP contribution in [0.5, 0.6) is 5.75 Å². The molecule has 0 aromatic heterocycles. The van der Waals surface area contributed by atoms with E-state index < -0.39 is 0 Å². The van der Waals surface area contributed by atoms with E-state index in [1.54, 1.807) is 0 Å². The number of para-hydroxylation sites is 2.